The number of hydrogen-bond acceptors (Lipinski definition) is 5. The summed E-state index contributed by atoms with van der Waals surface area (Å²) in [6.45, 7) is 4.86. The molecule has 26 heavy (non-hydrogen) atoms. The standard InChI is InChI=1S/C20H22N2O3S/c1-13-10-14(2)12-15(11-13)21-18-17(16-6-4-9-26-16)19(23)22(20(18)24)7-5-8-25-3/h4,6,9-12,21H,5,7-8H2,1-3H3. The quantitative estimate of drug-likeness (QED) is 0.598. The van der Waals surface area contributed by atoms with Gasteiger partial charge in [-0.3, -0.25) is 14.5 Å². The Labute approximate surface area is 157 Å². The lowest BCUT2D eigenvalue weighted by molar-refractivity contribution is -0.136. The Hall–Kier alpha value is -2.44. The van der Waals surface area contributed by atoms with E-state index < -0.39 is 0 Å². The lowest BCUT2D eigenvalue weighted by Crippen LogP contribution is -2.33. The van der Waals surface area contributed by atoms with E-state index in [4.69, 9.17) is 4.74 Å². The topological polar surface area (TPSA) is 58.6 Å². The normalized spacial score (nSPS) is 14.5. The van der Waals surface area contributed by atoms with E-state index in [1.54, 1.807) is 7.11 Å². The molecule has 1 aromatic carbocycles. The third-order valence-corrected chi connectivity index (χ3v) is 5.04. The SMILES string of the molecule is COCCCN1C(=O)C(Nc2cc(C)cc(C)c2)=C(c2cccs2)C1=O. The van der Waals surface area contributed by atoms with E-state index in [2.05, 4.69) is 11.4 Å². The summed E-state index contributed by atoms with van der Waals surface area (Å²) in [6.07, 6.45) is 0.614. The Bertz CT molecular complexity index is 836. The molecule has 6 heteroatoms. The van der Waals surface area contributed by atoms with Crippen LogP contribution in [-0.2, 0) is 14.3 Å². The van der Waals surface area contributed by atoms with Crippen LogP contribution >= 0.6 is 11.3 Å². The molecule has 0 saturated carbocycles. The average Bonchev–Trinajstić information content (AvgIpc) is 3.17. The van der Waals surface area contributed by atoms with Crippen molar-refractivity contribution in [2.75, 3.05) is 25.6 Å². The van der Waals surface area contributed by atoms with Crippen molar-refractivity contribution >= 4 is 34.4 Å². The monoisotopic (exact) mass is 370 g/mol. The average molecular weight is 370 g/mol. The maximum Gasteiger partial charge on any atom is 0.278 e. The number of amides is 2. The fraction of sp³-hybridized carbons (Fsp3) is 0.300. The minimum Gasteiger partial charge on any atom is -0.385 e. The van der Waals surface area contributed by atoms with Crippen LogP contribution in [0.5, 0.6) is 0 Å². The maximum absolute atomic E-state index is 12.9. The summed E-state index contributed by atoms with van der Waals surface area (Å²) in [5.74, 6) is -0.533. The Morgan fingerprint density at radius 3 is 2.46 bits per heavy atom. The molecule has 0 aliphatic carbocycles. The molecule has 3 rings (SSSR count). The molecule has 0 saturated heterocycles. The van der Waals surface area contributed by atoms with E-state index >= 15 is 0 Å². The molecule has 0 spiro atoms. The van der Waals surface area contributed by atoms with Gasteiger partial charge < -0.3 is 10.1 Å². The van der Waals surface area contributed by atoms with Crippen LogP contribution in [0.3, 0.4) is 0 Å². The van der Waals surface area contributed by atoms with Crippen LogP contribution in [0.2, 0.25) is 0 Å². The Balaban J connectivity index is 1.96. The van der Waals surface area contributed by atoms with Crippen molar-refractivity contribution in [3.8, 4) is 0 Å². The lowest BCUT2D eigenvalue weighted by Gasteiger charge is -2.15. The predicted octanol–water partition coefficient (Wildman–Crippen LogP) is 3.59. The van der Waals surface area contributed by atoms with Crippen LogP contribution in [0.25, 0.3) is 5.57 Å². The van der Waals surface area contributed by atoms with Crippen LogP contribution in [0.15, 0.2) is 41.4 Å². The van der Waals surface area contributed by atoms with E-state index in [9.17, 15) is 9.59 Å². The molecule has 2 heterocycles. The van der Waals surface area contributed by atoms with Crippen molar-refractivity contribution in [1.29, 1.82) is 0 Å². The van der Waals surface area contributed by atoms with Crippen molar-refractivity contribution in [3.05, 3.63) is 57.4 Å². The van der Waals surface area contributed by atoms with Gasteiger partial charge in [0, 0.05) is 30.8 Å². The molecule has 5 nitrogen and oxygen atoms in total. The molecule has 1 aliphatic heterocycles. The van der Waals surface area contributed by atoms with Crippen LogP contribution in [0.1, 0.15) is 22.4 Å². The van der Waals surface area contributed by atoms with E-state index in [-0.39, 0.29) is 11.8 Å². The summed E-state index contributed by atoms with van der Waals surface area (Å²) in [6, 6.07) is 9.76. The third-order valence-electron chi connectivity index (χ3n) is 4.16. The highest BCUT2D eigenvalue weighted by Gasteiger charge is 2.39. The van der Waals surface area contributed by atoms with Gasteiger partial charge in [0.15, 0.2) is 0 Å². The van der Waals surface area contributed by atoms with Gasteiger partial charge in [-0.05, 0) is 55.0 Å². The Morgan fingerprint density at radius 1 is 1.12 bits per heavy atom. The van der Waals surface area contributed by atoms with E-state index in [1.165, 1.54) is 16.2 Å². The summed E-state index contributed by atoms with van der Waals surface area (Å²) in [7, 11) is 1.61. The zero-order valence-electron chi connectivity index (χ0n) is 15.2. The molecule has 2 aromatic rings. The van der Waals surface area contributed by atoms with E-state index in [1.807, 2.05) is 43.5 Å². The van der Waals surface area contributed by atoms with Crippen molar-refractivity contribution in [2.45, 2.75) is 20.3 Å². The molecule has 136 valence electrons. The minimum atomic E-state index is -0.284. The second-order valence-corrected chi connectivity index (χ2v) is 7.28. The van der Waals surface area contributed by atoms with Crippen LogP contribution in [-0.4, -0.2) is 37.0 Å². The van der Waals surface area contributed by atoms with Gasteiger partial charge in [0.2, 0.25) is 0 Å². The number of imide groups is 1. The fourth-order valence-electron chi connectivity index (χ4n) is 3.10. The number of nitrogens with zero attached hydrogens (tertiary/aromatic N) is 1. The van der Waals surface area contributed by atoms with Gasteiger partial charge in [-0.2, -0.15) is 0 Å². The number of benzene rings is 1. The van der Waals surface area contributed by atoms with Gasteiger partial charge in [0.05, 0.1) is 5.57 Å². The number of carbonyl (C=O) groups excluding carboxylic acids is 2. The number of aryl methyl sites for hydroxylation is 2. The van der Waals surface area contributed by atoms with Crippen LogP contribution in [0.4, 0.5) is 5.69 Å². The molecule has 0 bridgehead atoms. The first-order valence-corrected chi connectivity index (χ1v) is 9.38. The number of carbonyl (C=O) groups is 2. The number of thiophene rings is 1. The number of ether oxygens (including phenoxy) is 1. The second-order valence-electron chi connectivity index (χ2n) is 6.34. The molecule has 0 fully saturated rings. The molecule has 0 atom stereocenters. The molecular formula is C20H22N2O3S. The van der Waals surface area contributed by atoms with Gasteiger partial charge >= 0.3 is 0 Å². The molecule has 2 amide bonds. The highest BCUT2D eigenvalue weighted by molar-refractivity contribution is 7.11. The smallest absolute Gasteiger partial charge is 0.278 e. The fourth-order valence-corrected chi connectivity index (χ4v) is 3.87. The lowest BCUT2D eigenvalue weighted by atomic mass is 10.1. The van der Waals surface area contributed by atoms with Crippen LogP contribution in [0, 0.1) is 13.8 Å². The van der Waals surface area contributed by atoms with E-state index in [0.29, 0.717) is 30.8 Å². The zero-order chi connectivity index (χ0) is 18.7. The van der Waals surface area contributed by atoms with Gasteiger partial charge in [-0.1, -0.05) is 12.1 Å². The van der Waals surface area contributed by atoms with Crippen molar-refractivity contribution in [1.82, 2.24) is 4.90 Å². The summed E-state index contributed by atoms with van der Waals surface area (Å²) >= 11 is 1.45. The summed E-state index contributed by atoms with van der Waals surface area (Å²) in [4.78, 5) is 28.0. The Kier molecular flexibility index (Phi) is 5.54. The first kappa shape index (κ1) is 18.4. The minimum absolute atomic E-state index is 0.250. The Morgan fingerprint density at radius 2 is 1.85 bits per heavy atom. The van der Waals surface area contributed by atoms with E-state index in [0.717, 1.165) is 21.7 Å². The molecule has 0 unspecified atom stereocenters. The zero-order valence-corrected chi connectivity index (χ0v) is 16.0. The van der Waals surface area contributed by atoms with Gasteiger partial charge in [-0.15, -0.1) is 11.3 Å². The molecule has 0 radical (unpaired) electrons. The van der Waals surface area contributed by atoms with Gasteiger partial charge in [-0.25, -0.2) is 0 Å². The summed E-state index contributed by atoms with van der Waals surface area (Å²) < 4.78 is 5.04. The summed E-state index contributed by atoms with van der Waals surface area (Å²) in [5.41, 5.74) is 3.80. The molecular weight excluding hydrogens is 348 g/mol. The highest BCUT2D eigenvalue weighted by atomic mass is 32.1. The highest BCUT2D eigenvalue weighted by Crippen LogP contribution is 2.33. The third kappa shape index (κ3) is 3.71. The number of anilines is 1. The molecule has 1 N–H and O–H groups in total. The van der Waals surface area contributed by atoms with Crippen LogP contribution < -0.4 is 5.32 Å². The number of methoxy groups -OCH3 is 1. The second kappa shape index (κ2) is 7.85. The molecule has 1 aliphatic rings. The molecule has 1 aromatic heterocycles. The predicted molar refractivity (Wildman–Crippen MR) is 104 cm³/mol. The first-order valence-electron chi connectivity index (χ1n) is 8.50. The summed E-state index contributed by atoms with van der Waals surface area (Å²) in [5, 5.41) is 5.11. The maximum atomic E-state index is 12.9. The van der Waals surface area contributed by atoms with Gasteiger partial charge in [0.25, 0.3) is 11.8 Å². The largest absolute Gasteiger partial charge is 0.385 e. The van der Waals surface area contributed by atoms with Crippen molar-refractivity contribution in [2.24, 2.45) is 0 Å². The number of rotatable bonds is 7. The van der Waals surface area contributed by atoms with Crippen molar-refractivity contribution in [3.63, 3.8) is 0 Å². The van der Waals surface area contributed by atoms with Gasteiger partial charge in [0.1, 0.15) is 5.70 Å². The number of nitrogens with one attached hydrogen (secondary N) is 1. The first-order chi connectivity index (χ1) is 12.5. The van der Waals surface area contributed by atoms with Crippen molar-refractivity contribution < 1.29 is 14.3 Å². The number of hydrogen-bond donors (Lipinski definition) is 1.